The van der Waals surface area contributed by atoms with Gasteiger partial charge in [0.2, 0.25) is 5.91 Å². The number of nitrogens with one attached hydrogen (secondary N) is 1. The van der Waals surface area contributed by atoms with Crippen molar-refractivity contribution in [3.8, 4) is 0 Å². The number of piperidine rings is 1. The summed E-state index contributed by atoms with van der Waals surface area (Å²) in [4.78, 5) is 47.0. The van der Waals surface area contributed by atoms with Gasteiger partial charge >= 0.3 is 6.03 Å². The van der Waals surface area contributed by atoms with E-state index in [4.69, 9.17) is 4.74 Å². The Bertz CT molecular complexity index is 1150. The molecular formula is C26H28F2N4O4. The molecule has 1 N–H and O–H groups in total. The fraction of sp³-hybridized carbons (Fsp3) is 0.462. The monoisotopic (exact) mass is 498 g/mol. The van der Waals surface area contributed by atoms with E-state index >= 15 is 0 Å². The van der Waals surface area contributed by atoms with Crippen molar-refractivity contribution in [2.75, 3.05) is 26.2 Å². The van der Waals surface area contributed by atoms with Crippen LogP contribution in [0.15, 0.2) is 42.6 Å². The van der Waals surface area contributed by atoms with E-state index in [0.29, 0.717) is 38.2 Å². The quantitative estimate of drug-likeness (QED) is 0.619. The molecule has 4 amide bonds. The van der Waals surface area contributed by atoms with Gasteiger partial charge in [-0.25, -0.2) is 13.6 Å². The second kappa shape index (κ2) is 9.93. The number of ether oxygens (including phenoxy) is 1. The van der Waals surface area contributed by atoms with Gasteiger partial charge in [0.15, 0.2) is 17.2 Å². The number of pyridine rings is 1. The van der Waals surface area contributed by atoms with Crippen LogP contribution in [0.2, 0.25) is 0 Å². The molecule has 3 fully saturated rings. The minimum absolute atomic E-state index is 0.00934. The molecule has 0 saturated carbocycles. The summed E-state index contributed by atoms with van der Waals surface area (Å²) in [6, 6.07) is 8.57. The third-order valence-electron chi connectivity index (χ3n) is 7.44. The number of aromatic nitrogens is 1. The molecule has 0 spiro atoms. The van der Waals surface area contributed by atoms with Gasteiger partial charge < -0.3 is 15.0 Å². The standard InChI is InChI=1S/C26H28F2N4O4/c27-20-7-3-5-17(23(20)28)15-22(33)31-12-9-18(10-13-31)26(21-8-1-2-11-29-21)24(34)32(25(35)30-26)16-19-6-4-14-36-19/h1-3,5,7-8,11,18-19H,4,6,9-10,12-16H2,(H,30,35)/t19-,26-/m0/s1. The van der Waals surface area contributed by atoms with Gasteiger partial charge in [0, 0.05) is 37.4 Å². The molecule has 3 aliphatic rings. The van der Waals surface area contributed by atoms with Crippen LogP contribution in [-0.2, 0) is 26.3 Å². The number of benzene rings is 1. The Morgan fingerprint density at radius 1 is 1.11 bits per heavy atom. The molecule has 0 bridgehead atoms. The number of imide groups is 1. The van der Waals surface area contributed by atoms with E-state index < -0.39 is 23.2 Å². The summed E-state index contributed by atoms with van der Waals surface area (Å²) < 4.78 is 33.2. The summed E-state index contributed by atoms with van der Waals surface area (Å²) in [7, 11) is 0. The lowest BCUT2D eigenvalue weighted by atomic mass is 9.75. The van der Waals surface area contributed by atoms with E-state index in [1.165, 1.54) is 17.0 Å². The molecular weight excluding hydrogens is 470 g/mol. The Hall–Kier alpha value is -3.40. The van der Waals surface area contributed by atoms with Crippen LogP contribution in [0, 0.1) is 17.6 Å². The van der Waals surface area contributed by atoms with Gasteiger partial charge in [-0.2, -0.15) is 0 Å². The van der Waals surface area contributed by atoms with Crippen LogP contribution in [0.5, 0.6) is 0 Å². The highest BCUT2D eigenvalue weighted by atomic mass is 19.2. The zero-order valence-corrected chi connectivity index (χ0v) is 19.8. The lowest BCUT2D eigenvalue weighted by Crippen LogP contribution is -2.55. The van der Waals surface area contributed by atoms with E-state index in [1.54, 1.807) is 29.3 Å². The number of nitrogens with zero attached hydrogens (tertiary/aromatic N) is 3. The zero-order valence-electron chi connectivity index (χ0n) is 19.8. The number of hydrogen-bond donors (Lipinski definition) is 1. The summed E-state index contributed by atoms with van der Waals surface area (Å²) >= 11 is 0. The first-order valence-electron chi connectivity index (χ1n) is 12.3. The average Bonchev–Trinajstić information content (AvgIpc) is 3.50. The molecule has 1 aromatic carbocycles. The summed E-state index contributed by atoms with van der Waals surface area (Å²) in [6.45, 7) is 1.45. The van der Waals surface area contributed by atoms with E-state index in [0.717, 1.165) is 18.9 Å². The molecule has 3 saturated heterocycles. The minimum atomic E-state index is -1.33. The number of rotatable bonds is 6. The van der Waals surface area contributed by atoms with Crippen LogP contribution in [0.1, 0.15) is 36.9 Å². The van der Waals surface area contributed by atoms with E-state index in [9.17, 15) is 23.2 Å². The van der Waals surface area contributed by atoms with Crippen LogP contribution in [0.3, 0.4) is 0 Å². The van der Waals surface area contributed by atoms with Crippen molar-refractivity contribution in [3.05, 3.63) is 65.5 Å². The van der Waals surface area contributed by atoms with Crippen LogP contribution in [0.25, 0.3) is 0 Å². The molecule has 4 heterocycles. The largest absolute Gasteiger partial charge is 0.376 e. The Balaban J connectivity index is 1.33. The molecule has 2 aromatic rings. The van der Waals surface area contributed by atoms with Gasteiger partial charge in [0.25, 0.3) is 5.91 Å². The maximum absolute atomic E-state index is 14.1. The highest BCUT2D eigenvalue weighted by molar-refractivity contribution is 6.07. The fourth-order valence-electron chi connectivity index (χ4n) is 5.53. The van der Waals surface area contributed by atoms with Crippen molar-refractivity contribution in [2.24, 2.45) is 5.92 Å². The van der Waals surface area contributed by atoms with Gasteiger partial charge in [0.1, 0.15) is 0 Å². The molecule has 0 unspecified atom stereocenters. The summed E-state index contributed by atoms with van der Waals surface area (Å²) in [5.41, 5.74) is -0.860. The molecule has 10 heteroatoms. The van der Waals surface area contributed by atoms with Gasteiger partial charge in [-0.05, 0) is 43.9 Å². The second-order valence-corrected chi connectivity index (χ2v) is 9.55. The number of carbonyl (C=O) groups is 3. The van der Waals surface area contributed by atoms with E-state index in [2.05, 4.69) is 10.3 Å². The topological polar surface area (TPSA) is 91.8 Å². The molecule has 0 aliphatic carbocycles. The van der Waals surface area contributed by atoms with E-state index in [1.807, 2.05) is 0 Å². The lowest BCUT2D eigenvalue weighted by Gasteiger charge is -2.40. The molecule has 5 rings (SSSR count). The first-order chi connectivity index (χ1) is 17.4. The van der Waals surface area contributed by atoms with E-state index in [-0.39, 0.29) is 42.4 Å². The number of likely N-dealkylation sites (tertiary alicyclic amines) is 1. The van der Waals surface area contributed by atoms with Crippen LogP contribution in [0.4, 0.5) is 13.6 Å². The van der Waals surface area contributed by atoms with Crippen molar-refractivity contribution in [1.29, 1.82) is 0 Å². The number of carbonyl (C=O) groups excluding carboxylic acids is 3. The first kappa shape index (κ1) is 24.3. The molecule has 2 atom stereocenters. The summed E-state index contributed by atoms with van der Waals surface area (Å²) in [5, 5.41) is 2.95. The first-order valence-corrected chi connectivity index (χ1v) is 12.3. The third-order valence-corrected chi connectivity index (χ3v) is 7.44. The van der Waals surface area contributed by atoms with Crippen molar-refractivity contribution in [1.82, 2.24) is 20.1 Å². The van der Waals surface area contributed by atoms with Gasteiger partial charge in [-0.3, -0.25) is 19.5 Å². The maximum atomic E-state index is 14.1. The number of hydrogen-bond acceptors (Lipinski definition) is 5. The van der Waals surface area contributed by atoms with Crippen molar-refractivity contribution < 1.29 is 27.9 Å². The third kappa shape index (κ3) is 4.34. The van der Waals surface area contributed by atoms with Gasteiger partial charge in [-0.1, -0.05) is 18.2 Å². The Morgan fingerprint density at radius 3 is 2.61 bits per heavy atom. The van der Waals surface area contributed by atoms with Crippen molar-refractivity contribution in [2.45, 2.75) is 43.7 Å². The smallest absolute Gasteiger partial charge is 0.325 e. The highest BCUT2D eigenvalue weighted by Crippen LogP contribution is 2.41. The summed E-state index contributed by atoms with van der Waals surface area (Å²) in [5.74, 6) is -2.96. The predicted molar refractivity (Wildman–Crippen MR) is 124 cm³/mol. The lowest BCUT2D eigenvalue weighted by molar-refractivity contribution is -0.137. The number of urea groups is 1. The van der Waals surface area contributed by atoms with Gasteiger partial charge in [0.05, 0.1) is 24.8 Å². The Labute approximate surface area is 207 Å². The normalized spacial score (nSPS) is 24.9. The molecule has 1 aromatic heterocycles. The fourth-order valence-corrected chi connectivity index (χ4v) is 5.53. The SMILES string of the molecule is O=C(Cc1cccc(F)c1F)N1CCC([C@@]2(c3ccccn3)NC(=O)N(C[C@@H]3CCCO3)C2=O)CC1. The van der Waals surface area contributed by atoms with Crippen molar-refractivity contribution >= 4 is 17.8 Å². The Kier molecular flexibility index (Phi) is 6.70. The van der Waals surface area contributed by atoms with Crippen LogP contribution in [-0.4, -0.2) is 65.0 Å². The average molecular weight is 499 g/mol. The molecule has 3 aliphatic heterocycles. The molecule has 0 radical (unpaired) electrons. The minimum Gasteiger partial charge on any atom is -0.376 e. The van der Waals surface area contributed by atoms with Crippen molar-refractivity contribution in [3.63, 3.8) is 0 Å². The maximum Gasteiger partial charge on any atom is 0.325 e. The molecule has 8 nitrogen and oxygen atoms in total. The highest BCUT2D eigenvalue weighted by Gasteiger charge is 2.58. The zero-order chi connectivity index (χ0) is 25.3. The Morgan fingerprint density at radius 2 is 1.92 bits per heavy atom. The van der Waals surface area contributed by atoms with Crippen LogP contribution >= 0.6 is 0 Å². The van der Waals surface area contributed by atoms with Crippen LogP contribution < -0.4 is 5.32 Å². The van der Waals surface area contributed by atoms with Gasteiger partial charge in [-0.15, -0.1) is 0 Å². The predicted octanol–water partition coefficient (Wildman–Crippen LogP) is 2.77. The number of amides is 4. The number of halogens is 2. The molecule has 190 valence electrons. The second-order valence-electron chi connectivity index (χ2n) is 9.55. The molecule has 36 heavy (non-hydrogen) atoms. The summed E-state index contributed by atoms with van der Waals surface area (Å²) in [6.07, 6.45) is 3.73.